The normalized spacial score (nSPS) is 12.0. The summed E-state index contributed by atoms with van der Waals surface area (Å²) in [7, 11) is -3.55. The molecule has 0 bridgehead atoms. The third kappa shape index (κ3) is 4.13. The monoisotopic (exact) mass is 329 g/mol. The summed E-state index contributed by atoms with van der Waals surface area (Å²) in [6, 6.07) is 5.13. The molecule has 1 aromatic heterocycles. The Morgan fingerprint density at radius 1 is 1.33 bits per heavy atom. The fourth-order valence-electron chi connectivity index (χ4n) is 1.93. The molecule has 0 saturated carbocycles. The predicted octanol–water partition coefficient (Wildman–Crippen LogP) is 1.14. The van der Waals surface area contributed by atoms with Crippen molar-refractivity contribution in [2.75, 3.05) is 30.4 Å². The molecule has 0 unspecified atom stereocenters. The van der Waals surface area contributed by atoms with Crippen molar-refractivity contribution in [3.63, 3.8) is 0 Å². The summed E-state index contributed by atoms with van der Waals surface area (Å²) < 4.78 is 27.2. The zero-order valence-corrected chi connectivity index (χ0v) is 13.1. The first-order valence-electron chi connectivity index (χ1n) is 6.59. The molecule has 116 valence electrons. The number of aliphatic hydroxyl groups excluding tert-OH is 1. The number of H-pyrrole nitrogens is 1. The molecule has 0 atom stereocenters. The largest absolute Gasteiger partial charge is 0.399 e. The van der Waals surface area contributed by atoms with Crippen molar-refractivity contribution >= 4 is 38.4 Å². The number of nitrogen functional groups attached to an aromatic ring is 1. The van der Waals surface area contributed by atoms with Crippen LogP contribution >= 0.6 is 11.8 Å². The van der Waals surface area contributed by atoms with Gasteiger partial charge in [-0.05, 0) is 30.4 Å². The first-order chi connectivity index (χ1) is 10.0. The summed E-state index contributed by atoms with van der Waals surface area (Å²) in [5.41, 5.74) is 6.97. The maximum Gasteiger partial charge on any atom is 0.242 e. The van der Waals surface area contributed by atoms with Crippen LogP contribution < -0.4 is 10.5 Å². The summed E-state index contributed by atoms with van der Waals surface area (Å²) in [6.07, 6.45) is 2.20. The number of rotatable bonds is 8. The molecule has 2 aromatic rings. The van der Waals surface area contributed by atoms with Crippen LogP contribution in [-0.4, -0.2) is 43.2 Å². The second-order valence-corrected chi connectivity index (χ2v) is 7.51. The minimum atomic E-state index is -3.55. The van der Waals surface area contributed by atoms with E-state index < -0.39 is 10.0 Å². The Hall–Kier alpha value is -1.22. The summed E-state index contributed by atoms with van der Waals surface area (Å²) in [4.78, 5) is 3.15. The van der Waals surface area contributed by atoms with Gasteiger partial charge in [0.25, 0.3) is 0 Å². The number of fused-ring (bicyclic) bond motifs is 1. The lowest BCUT2D eigenvalue weighted by Gasteiger charge is -2.06. The maximum atomic E-state index is 12.3. The van der Waals surface area contributed by atoms with E-state index in [1.807, 2.05) is 0 Å². The molecule has 6 nitrogen and oxygen atoms in total. The molecule has 0 radical (unpaired) electrons. The van der Waals surface area contributed by atoms with Crippen LogP contribution in [0.25, 0.3) is 10.9 Å². The lowest BCUT2D eigenvalue weighted by molar-refractivity contribution is 0.296. The molecular formula is C13H19N3O3S2. The molecule has 5 N–H and O–H groups in total. The second kappa shape index (κ2) is 7.17. The van der Waals surface area contributed by atoms with E-state index in [1.165, 1.54) is 6.20 Å². The van der Waals surface area contributed by atoms with Crippen LogP contribution in [0.15, 0.2) is 29.3 Å². The van der Waals surface area contributed by atoms with Crippen molar-refractivity contribution in [3.8, 4) is 0 Å². The highest BCUT2D eigenvalue weighted by atomic mass is 32.2. The van der Waals surface area contributed by atoms with Gasteiger partial charge in [-0.3, -0.25) is 0 Å². The van der Waals surface area contributed by atoms with Gasteiger partial charge in [-0.15, -0.1) is 0 Å². The van der Waals surface area contributed by atoms with Crippen molar-refractivity contribution in [1.82, 2.24) is 9.71 Å². The van der Waals surface area contributed by atoms with E-state index in [4.69, 9.17) is 10.8 Å². The van der Waals surface area contributed by atoms with Crippen molar-refractivity contribution in [2.45, 2.75) is 11.3 Å². The van der Waals surface area contributed by atoms with Crippen LogP contribution in [0.1, 0.15) is 6.42 Å². The second-order valence-electron chi connectivity index (χ2n) is 4.55. The average molecular weight is 329 g/mol. The van der Waals surface area contributed by atoms with Crippen molar-refractivity contribution in [3.05, 3.63) is 24.4 Å². The van der Waals surface area contributed by atoms with Crippen LogP contribution in [0.2, 0.25) is 0 Å². The van der Waals surface area contributed by atoms with Crippen molar-refractivity contribution < 1.29 is 13.5 Å². The molecule has 1 heterocycles. The first-order valence-corrected chi connectivity index (χ1v) is 9.23. The highest BCUT2D eigenvalue weighted by molar-refractivity contribution is 7.99. The Balaban J connectivity index is 2.03. The summed E-state index contributed by atoms with van der Waals surface area (Å²) in [5.74, 6) is 1.49. The topological polar surface area (TPSA) is 108 Å². The van der Waals surface area contributed by atoms with Gasteiger partial charge in [0, 0.05) is 41.7 Å². The number of aliphatic hydroxyl groups is 1. The van der Waals surface area contributed by atoms with Crippen LogP contribution in [0, 0.1) is 0 Å². The van der Waals surface area contributed by atoms with Gasteiger partial charge in [-0.25, -0.2) is 13.1 Å². The minimum absolute atomic E-state index is 0.162. The van der Waals surface area contributed by atoms with Crippen molar-refractivity contribution in [2.24, 2.45) is 0 Å². The number of sulfonamides is 1. The molecule has 21 heavy (non-hydrogen) atoms. The predicted molar refractivity (Wildman–Crippen MR) is 86.9 cm³/mol. The van der Waals surface area contributed by atoms with E-state index >= 15 is 0 Å². The number of hydrogen-bond acceptors (Lipinski definition) is 5. The molecule has 0 aliphatic heterocycles. The standard InChI is InChI=1S/C13H19N3O3S2/c14-10-2-3-12-11(8-10)13(9-15-12)21(18,19)16-4-7-20-6-1-5-17/h2-3,8-9,15-17H,1,4-7,14H2. The smallest absolute Gasteiger partial charge is 0.242 e. The van der Waals surface area contributed by atoms with Gasteiger partial charge in [0.2, 0.25) is 10.0 Å². The summed E-state index contributed by atoms with van der Waals surface area (Å²) in [6.45, 7) is 0.517. The number of hydrogen-bond donors (Lipinski definition) is 4. The number of thioether (sulfide) groups is 1. The molecule has 0 saturated heterocycles. The van der Waals surface area contributed by atoms with Gasteiger partial charge in [-0.2, -0.15) is 11.8 Å². The lowest BCUT2D eigenvalue weighted by atomic mass is 10.2. The third-order valence-corrected chi connectivity index (χ3v) is 5.51. The molecular weight excluding hydrogens is 310 g/mol. The quantitative estimate of drug-likeness (QED) is 0.429. The van der Waals surface area contributed by atoms with E-state index in [0.29, 0.717) is 23.4 Å². The number of nitrogens with two attached hydrogens (primary N) is 1. The number of benzene rings is 1. The van der Waals surface area contributed by atoms with Crippen molar-refractivity contribution in [1.29, 1.82) is 0 Å². The molecule has 1 aromatic carbocycles. The first kappa shape index (κ1) is 16.2. The zero-order valence-electron chi connectivity index (χ0n) is 11.5. The summed E-state index contributed by atoms with van der Waals surface area (Å²) in [5, 5.41) is 9.25. The van der Waals surface area contributed by atoms with Gasteiger partial charge < -0.3 is 15.8 Å². The van der Waals surface area contributed by atoms with E-state index in [0.717, 1.165) is 17.7 Å². The highest BCUT2D eigenvalue weighted by Crippen LogP contribution is 2.24. The Bertz CT molecular complexity index is 698. The van der Waals surface area contributed by atoms with Gasteiger partial charge >= 0.3 is 0 Å². The van der Waals surface area contributed by atoms with Crippen LogP contribution in [0.4, 0.5) is 5.69 Å². The Kier molecular flexibility index (Phi) is 5.51. The van der Waals surface area contributed by atoms with Gasteiger partial charge in [0.05, 0.1) is 0 Å². The van der Waals surface area contributed by atoms with Crippen LogP contribution in [-0.2, 0) is 10.0 Å². The number of anilines is 1. The molecule has 0 fully saturated rings. The Morgan fingerprint density at radius 3 is 2.90 bits per heavy atom. The van der Waals surface area contributed by atoms with Gasteiger partial charge in [-0.1, -0.05) is 0 Å². The van der Waals surface area contributed by atoms with Gasteiger partial charge in [0.15, 0.2) is 0 Å². The molecule has 0 aliphatic carbocycles. The molecule has 0 aliphatic rings. The Labute approximate surface area is 128 Å². The number of aromatic amines is 1. The molecule has 8 heteroatoms. The minimum Gasteiger partial charge on any atom is -0.399 e. The van der Waals surface area contributed by atoms with E-state index in [9.17, 15) is 8.42 Å². The molecule has 0 amide bonds. The zero-order chi connectivity index (χ0) is 15.3. The van der Waals surface area contributed by atoms with Gasteiger partial charge in [0.1, 0.15) is 4.90 Å². The lowest BCUT2D eigenvalue weighted by Crippen LogP contribution is -2.26. The SMILES string of the molecule is Nc1ccc2[nH]cc(S(=O)(=O)NCCSCCCO)c2c1. The number of nitrogens with one attached hydrogen (secondary N) is 2. The van der Waals surface area contributed by atoms with Crippen LogP contribution in [0.5, 0.6) is 0 Å². The third-order valence-electron chi connectivity index (χ3n) is 2.94. The maximum absolute atomic E-state index is 12.3. The number of aromatic nitrogens is 1. The van der Waals surface area contributed by atoms with E-state index in [-0.39, 0.29) is 11.5 Å². The van der Waals surface area contributed by atoms with E-state index in [1.54, 1.807) is 30.0 Å². The van der Waals surface area contributed by atoms with Crippen LogP contribution in [0.3, 0.4) is 0 Å². The average Bonchev–Trinajstić information content (AvgIpc) is 2.86. The Morgan fingerprint density at radius 2 is 2.14 bits per heavy atom. The molecule has 0 spiro atoms. The van der Waals surface area contributed by atoms with E-state index in [2.05, 4.69) is 9.71 Å². The molecule has 2 rings (SSSR count). The fourth-order valence-corrected chi connectivity index (χ4v) is 4.04. The summed E-state index contributed by atoms with van der Waals surface area (Å²) >= 11 is 1.61. The fraction of sp³-hybridized carbons (Fsp3) is 0.385. The highest BCUT2D eigenvalue weighted by Gasteiger charge is 2.18.